The highest BCUT2D eigenvalue weighted by Gasteiger charge is 2.15. The van der Waals surface area contributed by atoms with Gasteiger partial charge in [-0.1, -0.05) is 35.8 Å². The zero-order valence-electron chi connectivity index (χ0n) is 9.58. The van der Waals surface area contributed by atoms with Crippen LogP contribution in [0.5, 0.6) is 0 Å². The van der Waals surface area contributed by atoms with E-state index in [2.05, 4.69) is 10.3 Å². The Morgan fingerprint density at radius 3 is 3.00 bits per heavy atom. The summed E-state index contributed by atoms with van der Waals surface area (Å²) in [6, 6.07) is 5.88. The van der Waals surface area contributed by atoms with Crippen LogP contribution in [-0.4, -0.2) is 11.5 Å². The molecule has 0 atom stereocenters. The number of aromatic nitrogens is 1. The first-order chi connectivity index (χ1) is 8.31. The average molecular weight is 267 g/mol. The van der Waals surface area contributed by atoms with Crippen molar-refractivity contribution in [3.8, 4) is 0 Å². The third-order valence-corrected chi connectivity index (χ3v) is 4.60. The van der Waals surface area contributed by atoms with E-state index in [0.29, 0.717) is 0 Å². The fourth-order valence-electron chi connectivity index (χ4n) is 2.42. The Labute approximate surface area is 110 Å². The van der Waals surface area contributed by atoms with Crippen LogP contribution in [0.15, 0.2) is 18.2 Å². The Bertz CT molecular complexity index is 517. The monoisotopic (exact) mass is 266 g/mol. The van der Waals surface area contributed by atoms with Crippen LogP contribution in [0.3, 0.4) is 0 Å². The van der Waals surface area contributed by atoms with Crippen molar-refractivity contribution in [3.63, 3.8) is 0 Å². The normalized spacial score (nSPS) is 16.8. The summed E-state index contributed by atoms with van der Waals surface area (Å²) in [5.74, 6) is 0.839. The second-order valence-electron chi connectivity index (χ2n) is 4.66. The molecule has 0 spiro atoms. The van der Waals surface area contributed by atoms with Gasteiger partial charge < -0.3 is 5.32 Å². The summed E-state index contributed by atoms with van der Waals surface area (Å²) in [7, 11) is 0. The van der Waals surface area contributed by atoms with Gasteiger partial charge in [0, 0.05) is 11.6 Å². The second-order valence-corrected chi connectivity index (χ2v) is 6.13. The predicted molar refractivity (Wildman–Crippen MR) is 75.1 cm³/mol. The van der Waals surface area contributed by atoms with Gasteiger partial charge in [-0.25, -0.2) is 4.98 Å². The van der Waals surface area contributed by atoms with E-state index in [9.17, 15) is 0 Å². The lowest BCUT2D eigenvalue weighted by Gasteiger charge is -2.08. The molecule has 17 heavy (non-hydrogen) atoms. The fourth-order valence-corrected chi connectivity index (χ4v) is 3.44. The quantitative estimate of drug-likeness (QED) is 0.881. The Morgan fingerprint density at radius 2 is 2.18 bits per heavy atom. The number of benzene rings is 1. The van der Waals surface area contributed by atoms with Gasteiger partial charge in [-0.15, -0.1) is 0 Å². The summed E-state index contributed by atoms with van der Waals surface area (Å²) in [5, 5.41) is 5.24. The third-order valence-electron chi connectivity index (χ3n) is 3.37. The molecule has 1 aliphatic carbocycles. The number of thiazole rings is 1. The molecule has 1 heterocycles. The summed E-state index contributed by atoms with van der Waals surface area (Å²) in [6.07, 6.45) is 5.51. The third kappa shape index (κ3) is 2.55. The average Bonchev–Trinajstić information content (AvgIpc) is 2.94. The summed E-state index contributed by atoms with van der Waals surface area (Å²) in [4.78, 5) is 4.56. The van der Waals surface area contributed by atoms with Gasteiger partial charge in [-0.3, -0.25) is 0 Å². The zero-order valence-corrected chi connectivity index (χ0v) is 11.2. The van der Waals surface area contributed by atoms with Crippen LogP contribution in [0.2, 0.25) is 5.02 Å². The van der Waals surface area contributed by atoms with E-state index >= 15 is 0 Å². The molecule has 1 aliphatic rings. The van der Waals surface area contributed by atoms with Crippen LogP contribution in [0.25, 0.3) is 10.2 Å². The number of halogens is 1. The number of anilines is 1. The summed E-state index contributed by atoms with van der Waals surface area (Å²) in [5.41, 5.74) is 0.997. The number of fused-ring (bicyclic) bond motifs is 1. The topological polar surface area (TPSA) is 24.9 Å². The Morgan fingerprint density at radius 1 is 1.35 bits per heavy atom. The van der Waals surface area contributed by atoms with Crippen molar-refractivity contribution in [2.45, 2.75) is 25.7 Å². The molecule has 1 aromatic carbocycles. The molecule has 4 heteroatoms. The summed E-state index contributed by atoms with van der Waals surface area (Å²) < 4.78 is 1.20. The van der Waals surface area contributed by atoms with Crippen LogP contribution < -0.4 is 5.32 Å². The van der Waals surface area contributed by atoms with Gasteiger partial charge in [0.1, 0.15) is 0 Å². The van der Waals surface area contributed by atoms with Crippen LogP contribution in [0, 0.1) is 5.92 Å². The second kappa shape index (κ2) is 4.83. The Kier molecular flexibility index (Phi) is 3.21. The number of rotatable bonds is 3. The zero-order chi connectivity index (χ0) is 11.7. The molecule has 3 rings (SSSR count). The number of nitrogens with zero attached hydrogens (tertiary/aromatic N) is 1. The lowest BCUT2D eigenvalue weighted by Crippen LogP contribution is -2.10. The Balaban J connectivity index is 1.72. The minimum absolute atomic E-state index is 0.755. The maximum absolute atomic E-state index is 5.95. The van der Waals surface area contributed by atoms with Crippen molar-refractivity contribution in [1.29, 1.82) is 0 Å². The van der Waals surface area contributed by atoms with E-state index in [1.807, 2.05) is 18.2 Å². The van der Waals surface area contributed by atoms with Crippen LogP contribution in [-0.2, 0) is 0 Å². The summed E-state index contributed by atoms with van der Waals surface area (Å²) in [6.45, 7) is 1.06. The van der Waals surface area contributed by atoms with Gasteiger partial charge in [-0.2, -0.15) is 0 Å². The highest BCUT2D eigenvalue weighted by Crippen LogP contribution is 2.29. The number of nitrogens with one attached hydrogen (secondary N) is 1. The lowest BCUT2D eigenvalue weighted by atomic mass is 10.1. The molecule has 1 aromatic heterocycles. The van der Waals surface area contributed by atoms with Crippen molar-refractivity contribution >= 4 is 38.3 Å². The van der Waals surface area contributed by atoms with Crippen LogP contribution in [0.1, 0.15) is 25.7 Å². The predicted octanol–water partition coefficient (Wildman–Crippen LogP) is 4.55. The molecule has 1 saturated carbocycles. The standard InChI is InChI=1S/C13H15ClN2S/c14-10-5-6-12-11(7-10)16-13(17-12)15-8-9-3-1-2-4-9/h5-7,9H,1-4,8H2,(H,15,16). The minimum atomic E-state index is 0.755. The van der Waals surface area contributed by atoms with Crippen LogP contribution in [0.4, 0.5) is 5.13 Å². The van der Waals surface area contributed by atoms with Gasteiger partial charge in [-0.05, 0) is 37.0 Å². The largest absolute Gasteiger partial charge is 0.361 e. The molecule has 90 valence electrons. The van der Waals surface area contributed by atoms with Crippen molar-refractivity contribution in [2.75, 3.05) is 11.9 Å². The molecule has 0 saturated heterocycles. The van der Waals surface area contributed by atoms with Crippen molar-refractivity contribution in [3.05, 3.63) is 23.2 Å². The van der Waals surface area contributed by atoms with Gasteiger partial charge in [0.05, 0.1) is 10.2 Å². The molecule has 1 N–H and O–H groups in total. The molecule has 0 unspecified atom stereocenters. The number of hydrogen-bond donors (Lipinski definition) is 1. The van der Waals surface area contributed by atoms with E-state index in [1.54, 1.807) is 11.3 Å². The first-order valence-corrected chi connectivity index (χ1v) is 7.31. The Hall–Kier alpha value is -0.800. The van der Waals surface area contributed by atoms with Crippen molar-refractivity contribution in [2.24, 2.45) is 5.92 Å². The molecule has 2 aromatic rings. The molecular formula is C13H15ClN2S. The molecule has 1 fully saturated rings. The van der Waals surface area contributed by atoms with E-state index in [1.165, 1.54) is 30.4 Å². The van der Waals surface area contributed by atoms with Gasteiger partial charge in [0.15, 0.2) is 5.13 Å². The van der Waals surface area contributed by atoms with Gasteiger partial charge in [0.25, 0.3) is 0 Å². The summed E-state index contributed by atoms with van der Waals surface area (Å²) >= 11 is 7.66. The number of hydrogen-bond acceptors (Lipinski definition) is 3. The minimum Gasteiger partial charge on any atom is -0.361 e. The first kappa shape index (κ1) is 11.3. The highest BCUT2D eigenvalue weighted by atomic mass is 35.5. The SMILES string of the molecule is Clc1ccc2sc(NCC3CCCC3)nc2c1. The smallest absolute Gasteiger partial charge is 0.183 e. The first-order valence-electron chi connectivity index (χ1n) is 6.11. The van der Waals surface area contributed by atoms with E-state index in [-0.39, 0.29) is 0 Å². The van der Waals surface area contributed by atoms with Crippen molar-refractivity contribution < 1.29 is 0 Å². The fraction of sp³-hybridized carbons (Fsp3) is 0.462. The highest BCUT2D eigenvalue weighted by molar-refractivity contribution is 7.22. The van der Waals surface area contributed by atoms with E-state index in [0.717, 1.165) is 28.1 Å². The van der Waals surface area contributed by atoms with Crippen LogP contribution >= 0.6 is 22.9 Å². The van der Waals surface area contributed by atoms with Gasteiger partial charge >= 0.3 is 0 Å². The maximum atomic E-state index is 5.95. The van der Waals surface area contributed by atoms with Gasteiger partial charge in [0.2, 0.25) is 0 Å². The molecule has 0 amide bonds. The molecule has 0 bridgehead atoms. The molecule has 0 radical (unpaired) electrons. The maximum Gasteiger partial charge on any atom is 0.183 e. The lowest BCUT2D eigenvalue weighted by molar-refractivity contribution is 0.580. The van der Waals surface area contributed by atoms with E-state index in [4.69, 9.17) is 11.6 Å². The molecule has 2 nitrogen and oxygen atoms in total. The molecular weight excluding hydrogens is 252 g/mol. The van der Waals surface area contributed by atoms with E-state index < -0.39 is 0 Å². The van der Waals surface area contributed by atoms with Crippen molar-refractivity contribution in [1.82, 2.24) is 4.98 Å². The molecule has 0 aliphatic heterocycles.